The van der Waals surface area contributed by atoms with Crippen LogP contribution in [0.3, 0.4) is 0 Å². The van der Waals surface area contributed by atoms with Crippen LogP contribution in [0.5, 0.6) is 5.75 Å². The molecule has 0 bridgehead atoms. The first-order chi connectivity index (χ1) is 13.0. The average molecular weight is 369 g/mol. The van der Waals surface area contributed by atoms with E-state index in [4.69, 9.17) is 4.74 Å². The van der Waals surface area contributed by atoms with Crippen molar-refractivity contribution in [3.63, 3.8) is 0 Å². The minimum absolute atomic E-state index is 0.0527. The van der Waals surface area contributed by atoms with E-state index in [0.29, 0.717) is 30.9 Å². The van der Waals surface area contributed by atoms with Crippen LogP contribution in [0.15, 0.2) is 48.7 Å². The van der Waals surface area contributed by atoms with Crippen molar-refractivity contribution in [1.29, 1.82) is 0 Å². The van der Waals surface area contributed by atoms with Gasteiger partial charge in [-0.25, -0.2) is 0 Å². The van der Waals surface area contributed by atoms with Gasteiger partial charge in [0.25, 0.3) is 5.91 Å². The van der Waals surface area contributed by atoms with Gasteiger partial charge in [0.05, 0.1) is 12.2 Å². The highest BCUT2D eigenvalue weighted by atomic mass is 16.5. The first kappa shape index (κ1) is 20.4. The minimum Gasteiger partial charge on any atom is -0.493 e. The van der Waals surface area contributed by atoms with E-state index < -0.39 is 6.04 Å². The third kappa shape index (κ3) is 6.09. The van der Waals surface area contributed by atoms with Gasteiger partial charge >= 0.3 is 0 Å². The van der Waals surface area contributed by atoms with Gasteiger partial charge in [0.15, 0.2) is 0 Å². The predicted octanol–water partition coefficient (Wildman–Crippen LogP) is 2.59. The lowest BCUT2D eigenvalue weighted by molar-refractivity contribution is -0.123. The van der Waals surface area contributed by atoms with Crippen LogP contribution < -0.4 is 15.4 Å². The van der Waals surface area contributed by atoms with Crippen molar-refractivity contribution in [2.24, 2.45) is 5.92 Å². The highest BCUT2D eigenvalue weighted by Gasteiger charge is 2.25. The SMILES string of the molecule is CCOc1ccccc1C(=O)N[C@@H](C(=O)NCCc1ccccn1)C(C)C. The largest absolute Gasteiger partial charge is 0.493 e. The Balaban J connectivity index is 1.98. The molecule has 0 spiro atoms. The number of nitrogens with one attached hydrogen (secondary N) is 2. The van der Waals surface area contributed by atoms with Crippen molar-refractivity contribution in [1.82, 2.24) is 15.6 Å². The lowest BCUT2D eigenvalue weighted by atomic mass is 10.0. The molecule has 0 radical (unpaired) electrons. The molecule has 0 fully saturated rings. The van der Waals surface area contributed by atoms with Crippen molar-refractivity contribution in [2.75, 3.05) is 13.2 Å². The fourth-order valence-electron chi connectivity index (χ4n) is 2.66. The Bertz CT molecular complexity index is 747. The molecule has 0 saturated carbocycles. The van der Waals surface area contributed by atoms with Crippen LogP contribution in [0, 0.1) is 5.92 Å². The molecule has 0 aliphatic carbocycles. The number of pyridine rings is 1. The van der Waals surface area contributed by atoms with E-state index >= 15 is 0 Å². The van der Waals surface area contributed by atoms with Crippen molar-refractivity contribution in [3.05, 3.63) is 59.9 Å². The van der Waals surface area contributed by atoms with Crippen LogP contribution in [0.4, 0.5) is 0 Å². The van der Waals surface area contributed by atoms with Gasteiger partial charge < -0.3 is 15.4 Å². The van der Waals surface area contributed by atoms with E-state index in [1.54, 1.807) is 24.4 Å². The normalized spacial score (nSPS) is 11.7. The molecule has 2 aromatic rings. The molecule has 2 N–H and O–H groups in total. The molecule has 144 valence electrons. The third-order valence-corrected chi connectivity index (χ3v) is 4.07. The summed E-state index contributed by atoms with van der Waals surface area (Å²) in [5.74, 6) is -0.0700. The molecule has 1 atom stereocenters. The molecule has 0 aliphatic rings. The highest BCUT2D eigenvalue weighted by Crippen LogP contribution is 2.18. The molecule has 6 nitrogen and oxygen atoms in total. The van der Waals surface area contributed by atoms with Crippen LogP contribution in [0.25, 0.3) is 0 Å². The van der Waals surface area contributed by atoms with Crippen molar-refractivity contribution in [2.45, 2.75) is 33.2 Å². The van der Waals surface area contributed by atoms with Gasteiger partial charge in [-0.05, 0) is 37.1 Å². The maximum atomic E-state index is 12.7. The Labute approximate surface area is 160 Å². The molecule has 6 heteroatoms. The second-order valence-electron chi connectivity index (χ2n) is 6.49. The molecule has 1 aromatic heterocycles. The zero-order chi connectivity index (χ0) is 19.6. The number of carbonyl (C=O) groups excluding carboxylic acids is 2. The zero-order valence-electron chi connectivity index (χ0n) is 16.1. The van der Waals surface area contributed by atoms with E-state index in [-0.39, 0.29) is 17.7 Å². The standard InChI is InChI=1S/C21H27N3O3/c1-4-27-18-11-6-5-10-17(18)20(25)24-19(15(2)3)21(26)23-14-12-16-9-7-8-13-22-16/h5-11,13,15,19H,4,12,14H2,1-3H3,(H,23,26)(H,24,25)/t19-/m1/s1. The van der Waals surface area contributed by atoms with Gasteiger partial charge in [0.2, 0.25) is 5.91 Å². The number of benzene rings is 1. The molecule has 1 aromatic carbocycles. The Morgan fingerprint density at radius 2 is 1.85 bits per heavy atom. The molecule has 0 unspecified atom stereocenters. The zero-order valence-corrected chi connectivity index (χ0v) is 16.1. The molecular weight excluding hydrogens is 342 g/mol. The average Bonchev–Trinajstić information content (AvgIpc) is 2.67. The number of carbonyl (C=O) groups is 2. The van der Waals surface area contributed by atoms with Gasteiger partial charge in [-0.3, -0.25) is 14.6 Å². The van der Waals surface area contributed by atoms with Gasteiger partial charge in [-0.1, -0.05) is 32.0 Å². The number of para-hydroxylation sites is 1. The van der Waals surface area contributed by atoms with E-state index in [9.17, 15) is 9.59 Å². The first-order valence-electron chi connectivity index (χ1n) is 9.23. The topological polar surface area (TPSA) is 80.3 Å². The Hall–Kier alpha value is -2.89. The van der Waals surface area contributed by atoms with Crippen molar-refractivity contribution in [3.8, 4) is 5.75 Å². The van der Waals surface area contributed by atoms with E-state index in [1.807, 2.05) is 45.0 Å². The van der Waals surface area contributed by atoms with Gasteiger partial charge in [0.1, 0.15) is 11.8 Å². The summed E-state index contributed by atoms with van der Waals surface area (Å²) < 4.78 is 5.51. The molecule has 2 amide bonds. The van der Waals surface area contributed by atoms with E-state index in [1.165, 1.54) is 0 Å². The molecule has 0 saturated heterocycles. The molecule has 2 rings (SSSR count). The fraction of sp³-hybridized carbons (Fsp3) is 0.381. The Morgan fingerprint density at radius 1 is 1.11 bits per heavy atom. The molecule has 1 heterocycles. The second kappa shape index (κ2) is 10.3. The number of amides is 2. The summed E-state index contributed by atoms with van der Waals surface area (Å²) in [7, 11) is 0. The lowest BCUT2D eigenvalue weighted by Gasteiger charge is -2.22. The second-order valence-corrected chi connectivity index (χ2v) is 6.49. The first-order valence-corrected chi connectivity index (χ1v) is 9.23. The summed E-state index contributed by atoms with van der Waals surface area (Å²) in [6.07, 6.45) is 2.36. The summed E-state index contributed by atoms with van der Waals surface area (Å²) in [5.41, 5.74) is 1.33. The van der Waals surface area contributed by atoms with Crippen LogP contribution in [0.1, 0.15) is 36.8 Å². The minimum atomic E-state index is -0.629. The number of rotatable bonds is 9. The summed E-state index contributed by atoms with van der Waals surface area (Å²) in [6, 6.07) is 12.1. The predicted molar refractivity (Wildman–Crippen MR) is 105 cm³/mol. The van der Waals surface area contributed by atoms with Crippen molar-refractivity contribution < 1.29 is 14.3 Å². The van der Waals surface area contributed by atoms with Crippen LogP contribution >= 0.6 is 0 Å². The number of hydrogen-bond acceptors (Lipinski definition) is 4. The maximum absolute atomic E-state index is 12.7. The van der Waals surface area contributed by atoms with Gasteiger partial charge in [-0.15, -0.1) is 0 Å². The maximum Gasteiger partial charge on any atom is 0.255 e. The highest BCUT2D eigenvalue weighted by molar-refractivity contribution is 5.99. The smallest absolute Gasteiger partial charge is 0.255 e. The Morgan fingerprint density at radius 3 is 2.52 bits per heavy atom. The molecule has 0 aliphatic heterocycles. The summed E-state index contributed by atoms with van der Waals surface area (Å²) in [5, 5.41) is 5.72. The third-order valence-electron chi connectivity index (χ3n) is 4.07. The monoisotopic (exact) mass is 369 g/mol. The molecular formula is C21H27N3O3. The number of nitrogens with zero attached hydrogens (tertiary/aromatic N) is 1. The lowest BCUT2D eigenvalue weighted by Crippen LogP contribution is -2.50. The van der Waals surface area contributed by atoms with E-state index in [2.05, 4.69) is 15.6 Å². The summed E-state index contributed by atoms with van der Waals surface area (Å²) >= 11 is 0. The summed E-state index contributed by atoms with van der Waals surface area (Å²) in [4.78, 5) is 29.5. The van der Waals surface area contributed by atoms with E-state index in [0.717, 1.165) is 5.69 Å². The molecule has 27 heavy (non-hydrogen) atoms. The van der Waals surface area contributed by atoms with Crippen LogP contribution in [-0.4, -0.2) is 36.0 Å². The quantitative estimate of drug-likeness (QED) is 0.712. The van der Waals surface area contributed by atoms with Crippen LogP contribution in [0.2, 0.25) is 0 Å². The van der Waals surface area contributed by atoms with Crippen LogP contribution in [-0.2, 0) is 11.2 Å². The Kier molecular flexibility index (Phi) is 7.79. The summed E-state index contributed by atoms with van der Waals surface area (Å²) in [6.45, 7) is 6.59. The fourth-order valence-corrected chi connectivity index (χ4v) is 2.66. The van der Waals surface area contributed by atoms with Gasteiger partial charge in [-0.2, -0.15) is 0 Å². The van der Waals surface area contributed by atoms with Gasteiger partial charge in [0, 0.05) is 24.9 Å². The number of hydrogen-bond donors (Lipinski definition) is 2. The number of aromatic nitrogens is 1. The number of ether oxygens (including phenoxy) is 1. The van der Waals surface area contributed by atoms with Crippen molar-refractivity contribution >= 4 is 11.8 Å².